The summed E-state index contributed by atoms with van der Waals surface area (Å²) in [6, 6.07) is 16.3. The smallest absolute Gasteiger partial charge is 0.160 e. The van der Waals surface area contributed by atoms with Gasteiger partial charge in [0.1, 0.15) is 17.3 Å². The quantitative estimate of drug-likeness (QED) is 0.359. The monoisotopic (exact) mass is 457 g/mol. The Morgan fingerprint density at radius 3 is 2.50 bits per heavy atom. The largest absolute Gasteiger partial charge is 0.373 e. The topological polar surface area (TPSA) is 48.1 Å². The van der Waals surface area contributed by atoms with Crippen LogP contribution >= 0.6 is 0 Å². The van der Waals surface area contributed by atoms with Crippen molar-refractivity contribution in [3.05, 3.63) is 90.0 Å². The summed E-state index contributed by atoms with van der Waals surface area (Å²) < 4.78 is 15.7. The summed E-state index contributed by atoms with van der Waals surface area (Å²) in [6.45, 7) is 9.52. The normalized spacial score (nSPS) is 11.2. The number of hydrogen-bond donors (Lipinski definition) is 0. The van der Waals surface area contributed by atoms with Gasteiger partial charge in [-0.3, -0.25) is 0 Å². The molecule has 0 saturated heterocycles. The Morgan fingerprint density at radius 1 is 1.18 bits per heavy atom. The lowest BCUT2D eigenvalue weighted by atomic mass is 10.1. The van der Waals surface area contributed by atoms with Gasteiger partial charge in [0.2, 0.25) is 0 Å². The Morgan fingerprint density at radius 2 is 1.88 bits per heavy atom. The fourth-order valence-corrected chi connectivity index (χ4v) is 3.99. The van der Waals surface area contributed by atoms with Gasteiger partial charge in [-0.05, 0) is 49.4 Å². The molecule has 6 heteroatoms. The van der Waals surface area contributed by atoms with Crippen LogP contribution in [0.1, 0.15) is 43.5 Å². The number of imidazole rings is 1. The van der Waals surface area contributed by atoms with Gasteiger partial charge in [-0.2, -0.15) is 5.26 Å². The lowest BCUT2D eigenvalue weighted by molar-refractivity contribution is 0.458. The number of allylic oxidation sites excluding steroid dienone is 1. The second-order valence-electron chi connectivity index (χ2n) is 8.22. The summed E-state index contributed by atoms with van der Waals surface area (Å²) >= 11 is 0. The second kappa shape index (κ2) is 11.3. The van der Waals surface area contributed by atoms with Crippen LogP contribution in [0.4, 0.5) is 10.2 Å². The molecule has 2 aromatic carbocycles. The molecule has 0 radical (unpaired) electrons. The Labute approximate surface area is 202 Å². The molecule has 0 unspecified atom stereocenters. The summed E-state index contributed by atoms with van der Waals surface area (Å²) in [5, 5.41) is 9.79. The third-order valence-corrected chi connectivity index (χ3v) is 5.87. The summed E-state index contributed by atoms with van der Waals surface area (Å²) in [5.74, 6) is 1.16. The van der Waals surface area contributed by atoms with Crippen molar-refractivity contribution in [2.75, 3.05) is 25.5 Å². The van der Waals surface area contributed by atoms with Crippen molar-refractivity contribution in [2.24, 2.45) is 0 Å². The third-order valence-electron chi connectivity index (χ3n) is 5.87. The lowest BCUT2D eigenvalue weighted by Gasteiger charge is -2.26. The summed E-state index contributed by atoms with van der Waals surface area (Å²) in [5.41, 5.74) is 4.20. The van der Waals surface area contributed by atoms with Gasteiger partial charge in [-0.25, -0.2) is 9.37 Å². The van der Waals surface area contributed by atoms with E-state index in [0.717, 1.165) is 47.7 Å². The molecule has 0 aliphatic carbocycles. The maximum absolute atomic E-state index is 13.6. The summed E-state index contributed by atoms with van der Waals surface area (Å²) in [7, 11) is 4.00. The van der Waals surface area contributed by atoms with Crippen LogP contribution in [0.3, 0.4) is 0 Å². The molecule has 0 spiro atoms. The molecule has 1 heterocycles. The number of nitrogens with zero attached hydrogens (tertiary/aromatic N) is 5. The van der Waals surface area contributed by atoms with Crippen LogP contribution in [-0.2, 0) is 6.54 Å². The van der Waals surface area contributed by atoms with E-state index in [0.29, 0.717) is 17.9 Å². The van der Waals surface area contributed by atoms with E-state index < -0.39 is 0 Å². The molecule has 3 rings (SSSR count). The number of aromatic nitrogens is 2. The van der Waals surface area contributed by atoms with Crippen molar-refractivity contribution in [1.82, 2.24) is 14.5 Å². The Bertz CT molecular complexity index is 1200. The minimum atomic E-state index is -0.273. The standard InChI is InChI=1S/C28H32FN5/c1-6-9-18-33(5)25(7-2)26-28(32(4)8-3)31-27(24-13-11-10-12-22(24)19-30)34(26)20-21-14-16-23(29)17-15-21/h7-8,10-17H,3,6,9,18,20H2,1-2,4-5H3/b25-7-. The van der Waals surface area contributed by atoms with Crippen LogP contribution in [0.25, 0.3) is 17.1 Å². The molecule has 3 aromatic rings. The highest BCUT2D eigenvalue weighted by molar-refractivity contribution is 5.77. The maximum atomic E-state index is 13.6. The average molecular weight is 458 g/mol. The van der Waals surface area contributed by atoms with E-state index in [9.17, 15) is 9.65 Å². The number of hydrogen-bond acceptors (Lipinski definition) is 4. The molecule has 1 aromatic heterocycles. The molecular weight excluding hydrogens is 425 g/mol. The van der Waals surface area contributed by atoms with E-state index in [4.69, 9.17) is 4.98 Å². The molecule has 0 N–H and O–H groups in total. The lowest BCUT2D eigenvalue weighted by Crippen LogP contribution is -2.22. The highest BCUT2D eigenvalue weighted by Crippen LogP contribution is 2.35. The highest BCUT2D eigenvalue weighted by atomic mass is 19.1. The second-order valence-corrected chi connectivity index (χ2v) is 8.22. The first-order chi connectivity index (χ1) is 16.4. The van der Waals surface area contributed by atoms with Gasteiger partial charge in [-0.15, -0.1) is 0 Å². The van der Waals surface area contributed by atoms with Gasteiger partial charge < -0.3 is 14.4 Å². The van der Waals surface area contributed by atoms with E-state index in [2.05, 4.69) is 42.2 Å². The first kappa shape index (κ1) is 24.8. The number of unbranched alkanes of at least 4 members (excludes halogenated alkanes) is 1. The molecule has 0 aliphatic rings. The van der Waals surface area contributed by atoms with Crippen LogP contribution in [0.5, 0.6) is 0 Å². The van der Waals surface area contributed by atoms with Crippen LogP contribution in [0.2, 0.25) is 0 Å². The van der Waals surface area contributed by atoms with Crippen molar-refractivity contribution < 1.29 is 4.39 Å². The van der Waals surface area contributed by atoms with Gasteiger partial charge >= 0.3 is 0 Å². The van der Waals surface area contributed by atoms with Crippen LogP contribution in [-0.4, -0.2) is 35.1 Å². The molecule has 5 nitrogen and oxygen atoms in total. The van der Waals surface area contributed by atoms with Crippen LogP contribution in [0.15, 0.2) is 67.4 Å². The van der Waals surface area contributed by atoms with E-state index in [1.807, 2.05) is 37.1 Å². The van der Waals surface area contributed by atoms with Crippen molar-refractivity contribution in [1.29, 1.82) is 5.26 Å². The molecule has 34 heavy (non-hydrogen) atoms. The minimum Gasteiger partial charge on any atom is -0.373 e. The van der Waals surface area contributed by atoms with Gasteiger partial charge in [-0.1, -0.05) is 50.3 Å². The van der Waals surface area contributed by atoms with E-state index in [-0.39, 0.29) is 5.82 Å². The first-order valence-corrected chi connectivity index (χ1v) is 11.5. The predicted molar refractivity (Wildman–Crippen MR) is 138 cm³/mol. The first-order valence-electron chi connectivity index (χ1n) is 11.5. The van der Waals surface area contributed by atoms with Gasteiger partial charge in [0.25, 0.3) is 0 Å². The fourth-order valence-electron chi connectivity index (χ4n) is 3.99. The van der Waals surface area contributed by atoms with Gasteiger partial charge in [0.15, 0.2) is 5.82 Å². The third kappa shape index (κ3) is 5.20. The Balaban J connectivity index is 2.32. The van der Waals surface area contributed by atoms with Crippen LogP contribution in [0, 0.1) is 17.1 Å². The van der Waals surface area contributed by atoms with Crippen molar-refractivity contribution in [3.63, 3.8) is 0 Å². The molecule has 0 bridgehead atoms. The number of benzene rings is 2. The Hall–Kier alpha value is -3.85. The van der Waals surface area contributed by atoms with Crippen molar-refractivity contribution >= 4 is 11.5 Å². The number of rotatable bonds is 10. The zero-order chi connectivity index (χ0) is 24.7. The molecule has 0 atom stereocenters. The summed E-state index contributed by atoms with van der Waals surface area (Å²) in [4.78, 5) is 9.16. The minimum absolute atomic E-state index is 0.273. The fraction of sp³-hybridized carbons (Fsp3) is 0.286. The zero-order valence-corrected chi connectivity index (χ0v) is 20.4. The number of anilines is 1. The van der Waals surface area contributed by atoms with E-state index >= 15 is 0 Å². The van der Waals surface area contributed by atoms with E-state index in [1.54, 1.807) is 24.4 Å². The van der Waals surface area contributed by atoms with Crippen molar-refractivity contribution in [2.45, 2.75) is 33.2 Å². The highest BCUT2D eigenvalue weighted by Gasteiger charge is 2.26. The van der Waals surface area contributed by atoms with Crippen LogP contribution < -0.4 is 4.90 Å². The maximum Gasteiger partial charge on any atom is 0.160 e. The van der Waals surface area contributed by atoms with E-state index in [1.165, 1.54) is 12.1 Å². The molecule has 176 valence electrons. The molecule has 0 fully saturated rings. The molecule has 0 aliphatic heterocycles. The van der Waals surface area contributed by atoms with Crippen molar-refractivity contribution in [3.8, 4) is 17.5 Å². The molecular formula is C28H32FN5. The Kier molecular flexibility index (Phi) is 8.26. The van der Waals surface area contributed by atoms with Gasteiger partial charge in [0, 0.05) is 32.7 Å². The zero-order valence-electron chi connectivity index (χ0n) is 20.4. The molecule has 0 saturated carbocycles. The van der Waals surface area contributed by atoms with Gasteiger partial charge in [0.05, 0.1) is 17.3 Å². The summed E-state index contributed by atoms with van der Waals surface area (Å²) in [6.07, 6.45) is 5.98. The molecule has 0 amide bonds. The average Bonchev–Trinajstić information content (AvgIpc) is 3.22. The number of nitriles is 1. The SMILES string of the molecule is C=CN(C)c1nc(-c2ccccc2C#N)n(Cc2ccc(F)cc2)c1/C(=C/C)N(C)CCCC. The predicted octanol–water partition coefficient (Wildman–Crippen LogP) is 6.28. The number of halogens is 1.